The largest absolute Gasteiger partial charge is 0.335 e. The zero-order valence-electron chi connectivity index (χ0n) is 10.9. The summed E-state index contributed by atoms with van der Waals surface area (Å²) in [6.45, 7) is 0. The predicted octanol–water partition coefficient (Wildman–Crippen LogP) is 2.66. The Morgan fingerprint density at radius 3 is 2.80 bits per heavy atom. The van der Waals surface area contributed by atoms with Gasteiger partial charge in [0, 0.05) is 36.7 Å². The van der Waals surface area contributed by atoms with Crippen LogP contribution in [0.5, 0.6) is 0 Å². The van der Waals surface area contributed by atoms with Gasteiger partial charge in [0.05, 0.1) is 0 Å². The molecule has 0 spiro atoms. The van der Waals surface area contributed by atoms with Crippen molar-refractivity contribution in [3.8, 4) is 0 Å². The lowest BCUT2D eigenvalue weighted by molar-refractivity contribution is 0.00736. The predicted molar refractivity (Wildman–Crippen MR) is 68.7 cm³/mol. The minimum atomic E-state index is -2.67. The van der Waals surface area contributed by atoms with Crippen molar-refractivity contribution < 1.29 is 13.6 Å². The van der Waals surface area contributed by atoms with Gasteiger partial charge < -0.3 is 5.32 Å². The number of nitrogens with zero attached hydrogens (tertiary/aromatic N) is 2. The fourth-order valence-corrected chi connectivity index (χ4v) is 2.44. The molecule has 1 aromatic rings. The van der Waals surface area contributed by atoms with Crippen molar-refractivity contribution in [3.63, 3.8) is 0 Å². The van der Waals surface area contributed by atoms with Crippen LogP contribution in [0.15, 0.2) is 12.3 Å². The first-order valence-corrected chi connectivity index (χ1v) is 6.80. The number of carbonyl (C=O) groups excluding carboxylic acids is 1. The van der Waals surface area contributed by atoms with Crippen LogP contribution in [-0.2, 0) is 0 Å². The van der Waals surface area contributed by atoms with Crippen molar-refractivity contribution in [3.05, 3.63) is 18.0 Å². The molecule has 2 amide bonds. The molecule has 1 heterocycles. The molecule has 2 N–H and O–H groups in total. The Labute approximate surface area is 115 Å². The summed E-state index contributed by atoms with van der Waals surface area (Å²) in [7, 11) is 0. The lowest BCUT2D eigenvalue weighted by Gasteiger charge is -2.13. The molecule has 5 nitrogen and oxygen atoms in total. The van der Waals surface area contributed by atoms with E-state index in [4.69, 9.17) is 0 Å². The molecule has 1 atom stereocenters. The number of halogens is 2. The first-order chi connectivity index (χ1) is 9.52. The average molecular weight is 282 g/mol. The highest BCUT2D eigenvalue weighted by Crippen LogP contribution is 2.39. The molecule has 0 aromatic carbocycles. The van der Waals surface area contributed by atoms with Crippen molar-refractivity contribution in [2.45, 2.75) is 50.0 Å². The highest BCUT2D eigenvalue weighted by atomic mass is 19.3. The number of anilines is 1. The Morgan fingerprint density at radius 1 is 1.35 bits per heavy atom. The van der Waals surface area contributed by atoms with Crippen LogP contribution in [0.3, 0.4) is 0 Å². The summed E-state index contributed by atoms with van der Waals surface area (Å²) in [5.41, 5.74) is 0.919. The third-order valence-electron chi connectivity index (χ3n) is 3.64. The van der Waals surface area contributed by atoms with E-state index in [2.05, 4.69) is 20.6 Å². The number of nitrogens with one attached hydrogen (secondary N) is 2. The van der Waals surface area contributed by atoms with Crippen LogP contribution in [0.2, 0.25) is 0 Å². The third kappa shape index (κ3) is 3.20. The highest BCUT2D eigenvalue weighted by molar-refractivity contribution is 5.87. The SMILES string of the molecule is O=C(Nc1nccc(C2CC2)n1)NC1CCC(F)(F)C1. The molecule has 108 valence electrons. The van der Waals surface area contributed by atoms with Crippen molar-refractivity contribution in [1.82, 2.24) is 15.3 Å². The monoisotopic (exact) mass is 282 g/mol. The number of urea groups is 1. The fourth-order valence-electron chi connectivity index (χ4n) is 2.44. The van der Waals surface area contributed by atoms with Crippen LogP contribution in [0, 0.1) is 0 Å². The second kappa shape index (κ2) is 4.96. The third-order valence-corrected chi connectivity index (χ3v) is 3.64. The maximum atomic E-state index is 13.0. The molecule has 0 saturated heterocycles. The normalized spacial score (nSPS) is 24.4. The molecule has 0 aliphatic heterocycles. The van der Waals surface area contributed by atoms with Crippen LogP contribution in [-0.4, -0.2) is 28.0 Å². The molecule has 2 saturated carbocycles. The Kier molecular flexibility index (Phi) is 3.27. The standard InChI is InChI=1S/C13H16F2N4O/c14-13(15)5-3-9(7-13)17-12(20)19-11-16-6-4-10(18-11)8-1-2-8/h4,6,8-9H,1-3,5,7H2,(H2,16,17,18,19,20). The molecule has 2 fully saturated rings. The van der Waals surface area contributed by atoms with Gasteiger partial charge in [0.2, 0.25) is 11.9 Å². The van der Waals surface area contributed by atoms with E-state index in [9.17, 15) is 13.6 Å². The van der Waals surface area contributed by atoms with Gasteiger partial charge in [0.25, 0.3) is 0 Å². The Morgan fingerprint density at radius 2 is 2.15 bits per heavy atom. The van der Waals surface area contributed by atoms with Crippen LogP contribution in [0.25, 0.3) is 0 Å². The molecule has 20 heavy (non-hydrogen) atoms. The maximum Gasteiger partial charge on any atom is 0.321 e. The van der Waals surface area contributed by atoms with E-state index in [-0.39, 0.29) is 18.8 Å². The number of amides is 2. The van der Waals surface area contributed by atoms with Crippen LogP contribution in [0.4, 0.5) is 19.5 Å². The van der Waals surface area contributed by atoms with Gasteiger partial charge in [-0.1, -0.05) is 0 Å². The Hall–Kier alpha value is -1.79. The zero-order valence-corrected chi connectivity index (χ0v) is 10.9. The van der Waals surface area contributed by atoms with E-state index in [0.29, 0.717) is 12.3 Å². The number of rotatable bonds is 3. The maximum absolute atomic E-state index is 13.0. The molecule has 2 aliphatic rings. The molecule has 3 rings (SSSR count). The van der Waals surface area contributed by atoms with Gasteiger partial charge in [0.1, 0.15) is 0 Å². The fraction of sp³-hybridized carbons (Fsp3) is 0.615. The van der Waals surface area contributed by atoms with Gasteiger partial charge in [-0.15, -0.1) is 0 Å². The van der Waals surface area contributed by atoms with Crippen LogP contribution in [0.1, 0.15) is 43.7 Å². The second-order valence-electron chi connectivity index (χ2n) is 5.47. The molecule has 2 aliphatic carbocycles. The molecule has 0 bridgehead atoms. The number of hydrogen-bond donors (Lipinski definition) is 2. The van der Waals surface area contributed by atoms with Gasteiger partial charge in [-0.05, 0) is 25.3 Å². The molecule has 1 unspecified atom stereocenters. The summed E-state index contributed by atoms with van der Waals surface area (Å²) in [5, 5.41) is 5.04. The minimum absolute atomic E-state index is 0.175. The quantitative estimate of drug-likeness (QED) is 0.895. The lowest BCUT2D eigenvalue weighted by atomic mass is 10.2. The number of carbonyl (C=O) groups is 1. The van der Waals surface area contributed by atoms with Crippen molar-refractivity contribution in [1.29, 1.82) is 0 Å². The molecule has 7 heteroatoms. The van der Waals surface area contributed by atoms with Crippen molar-refractivity contribution in [2.24, 2.45) is 0 Å². The second-order valence-corrected chi connectivity index (χ2v) is 5.47. The van der Waals surface area contributed by atoms with Gasteiger partial charge in [-0.25, -0.2) is 23.5 Å². The Bertz CT molecular complexity index is 519. The minimum Gasteiger partial charge on any atom is -0.335 e. The van der Waals surface area contributed by atoms with Gasteiger partial charge in [0.15, 0.2) is 0 Å². The molecule has 0 radical (unpaired) electrons. The number of alkyl halides is 2. The summed E-state index contributed by atoms with van der Waals surface area (Å²) in [5.74, 6) is -1.98. The first kappa shape index (κ1) is 13.2. The van der Waals surface area contributed by atoms with E-state index < -0.39 is 18.0 Å². The van der Waals surface area contributed by atoms with E-state index in [1.807, 2.05) is 6.07 Å². The van der Waals surface area contributed by atoms with Gasteiger partial charge in [-0.3, -0.25) is 5.32 Å². The lowest BCUT2D eigenvalue weighted by Crippen LogP contribution is -2.37. The zero-order chi connectivity index (χ0) is 14.2. The first-order valence-electron chi connectivity index (χ1n) is 6.80. The van der Waals surface area contributed by atoms with Crippen LogP contribution >= 0.6 is 0 Å². The molecular formula is C13H16F2N4O. The summed E-state index contributed by atoms with van der Waals surface area (Å²) >= 11 is 0. The van der Waals surface area contributed by atoms with Gasteiger partial charge >= 0.3 is 6.03 Å². The number of hydrogen-bond acceptors (Lipinski definition) is 3. The van der Waals surface area contributed by atoms with Crippen molar-refractivity contribution in [2.75, 3.05) is 5.32 Å². The highest BCUT2D eigenvalue weighted by Gasteiger charge is 2.40. The Balaban J connectivity index is 1.55. The summed E-state index contributed by atoms with van der Waals surface area (Å²) in [4.78, 5) is 19.9. The van der Waals surface area contributed by atoms with E-state index >= 15 is 0 Å². The molecule has 1 aromatic heterocycles. The molecular weight excluding hydrogens is 266 g/mol. The summed E-state index contributed by atoms with van der Waals surface area (Å²) in [6, 6.07) is 0.815. The van der Waals surface area contributed by atoms with Crippen molar-refractivity contribution >= 4 is 12.0 Å². The van der Waals surface area contributed by atoms with E-state index in [1.165, 1.54) is 0 Å². The summed E-state index contributed by atoms with van der Waals surface area (Å²) < 4.78 is 26.0. The smallest absolute Gasteiger partial charge is 0.321 e. The van der Waals surface area contributed by atoms with E-state index in [1.54, 1.807) is 6.20 Å². The van der Waals surface area contributed by atoms with Crippen LogP contribution < -0.4 is 10.6 Å². The average Bonchev–Trinajstić information content (AvgIpc) is 3.16. The topological polar surface area (TPSA) is 66.9 Å². The van der Waals surface area contributed by atoms with E-state index in [0.717, 1.165) is 18.5 Å². The van der Waals surface area contributed by atoms with Gasteiger partial charge in [-0.2, -0.15) is 0 Å². The number of aromatic nitrogens is 2. The summed E-state index contributed by atoms with van der Waals surface area (Å²) in [6.07, 6.45) is 3.64.